The summed E-state index contributed by atoms with van der Waals surface area (Å²) in [5.41, 5.74) is 5.76. The first-order valence-electron chi connectivity index (χ1n) is 4.93. The summed E-state index contributed by atoms with van der Waals surface area (Å²) < 4.78 is 4.49. The molecule has 18 heavy (non-hydrogen) atoms. The van der Waals surface area contributed by atoms with Gasteiger partial charge in [0.05, 0.1) is 24.4 Å². The number of methoxy groups -OCH3 is 1. The van der Waals surface area contributed by atoms with Gasteiger partial charge in [-0.15, -0.1) is 12.4 Å². The van der Waals surface area contributed by atoms with Gasteiger partial charge in [-0.2, -0.15) is 0 Å². The number of rotatable bonds is 3. The van der Waals surface area contributed by atoms with E-state index in [9.17, 15) is 14.7 Å². The molecule has 0 heterocycles. The molecule has 100 valence electrons. The molecule has 1 unspecified atom stereocenters. The third-order valence-electron chi connectivity index (χ3n) is 2.09. The van der Waals surface area contributed by atoms with Gasteiger partial charge in [0.25, 0.3) is 0 Å². The number of benzene rings is 1. The molecule has 1 amide bonds. The van der Waals surface area contributed by atoms with Crippen LogP contribution in [0.15, 0.2) is 18.2 Å². The van der Waals surface area contributed by atoms with Crippen LogP contribution >= 0.6 is 12.4 Å². The largest absolute Gasteiger partial charge is 0.506 e. The first-order chi connectivity index (χ1) is 7.95. The number of hydrogen-bond donors (Lipinski definition) is 3. The fourth-order valence-corrected chi connectivity index (χ4v) is 1.13. The Bertz CT molecular complexity index is 449. The van der Waals surface area contributed by atoms with Gasteiger partial charge in [-0.3, -0.25) is 4.79 Å². The van der Waals surface area contributed by atoms with E-state index in [1.165, 1.54) is 32.2 Å². The van der Waals surface area contributed by atoms with Gasteiger partial charge >= 0.3 is 5.97 Å². The molecule has 6 nitrogen and oxygen atoms in total. The summed E-state index contributed by atoms with van der Waals surface area (Å²) in [5, 5.41) is 12.0. The fourth-order valence-electron chi connectivity index (χ4n) is 1.13. The van der Waals surface area contributed by atoms with Crippen molar-refractivity contribution in [1.29, 1.82) is 0 Å². The Hall–Kier alpha value is -1.79. The van der Waals surface area contributed by atoms with E-state index in [-0.39, 0.29) is 29.4 Å². The zero-order chi connectivity index (χ0) is 13.0. The fraction of sp³-hybridized carbons (Fsp3) is 0.273. The van der Waals surface area contributed by atoms with Crippen molar-refractivity contribution in [3.8, 4) is 5.75 Å². The predicted molar refractivity (Wildman–Crippen MR) is 69.0 cm³/mol. The van der Waals surface area contributed by atoms with E-state index in [4.69, 9.17) is 5.73 Å². The summed E-state index contributed by atoms with van der Waals surface area (Å²) in [5.74, 6) is -1.21. The average molecular weight is 275 g/mol. The van der Waals surface area contributed by atoms with Gasteiger partial charge in [-0.05, 0) is 25.1 Å². The van der Waals surface area contributed by atoms with Crippen LogP contribution in [0.4, 0.5) is 5.69 Å². The van der Waals surface area contributed by atoms with Crippen molar-refractivity contribution in [3.05, 3.63) is 23.8 Å². The summed E-state index contributed by atoms with van der Waals surface area (Å²) in [6.45, 7) is 1.52. The lowest BCUT2D eigenvalue weighted by atomic mass is 10.2. The van der Waals surface area contributed by atoms with Crippen LogP contribution in [0, 0.1) is 0 Å². The van der Waals surface area contributed by atoms with Crippen LogP contribution < -0.4 is 11.1 Å². The number of nitrogens with two attached hydrogens (primary N) is 1. The Morgan fingerprint density at radius 1 is 1.44 bits per heavy atom. The van der Waals surface area contributed by atoms with Crippen LogP contribution in [0.1, 0.15) is 17.3 Å². The van der Waals surface area contributed by atoms with Crippen molar-refractivity contribution in [2.45, 2.75) is 13.0 Å². The Morgan fingerprint density at radius 3 is 2.50 bits per heavy atom. The Labute approximate surface area is 111 Å². The topological polar surface area (TPSA) is 102 Å². The van der Waals surface area contributed by atoms with Crippen LogP contribution in [0.3, 0.4) is 0 Å². The summed E-state index contributed by atoms with van der Waals surface area (Å²) in [6, 6.07) is 3.36. The third-order valence-corrected chi connectivity index (χ3v) is 2.09. The number of hydrogen-bond acceptors (Lipinski definition) is 5. The minimum Gasteiger partial charge on any atom is -0.506 e. The number of halogens is 1. The standard InChI is InChI=1S/C11H14N2O4.ClH/c1-6(12)10(15)13-8-4-3-7(5-9(8)14)11(16)17-2;/h3-6,14H,12H2,1-2H3,(H,13,15);1H. The number of phenolic OH excluding ortho intramolecular Hbond substituents is 1. The lowest BCUT2D eigenvalue weighted by Crippen LogP contribution is -2.32. The first-order valence-corrected chi connectivity index (χ1v) is 4.93. The molecule has 4 N–H and O–H groups in total. The molecule has 0 fully saturated rings. The number of ether oxygens (including phenoxy) is 1. The Morgan fingerprint density at radius 2 is 2.06 bits per heavy atom. The number of phenols is 1. The van der Waals surface area contributed by atoms with E-state index in [2.05, 4.69) is 10.1 Å². The van der Waals surface area contributed by atoms with E-state index >= 15 is 0 Å². The summed E-state index contributed by atoms with van der Waals surface area (Å²) >= 11 is 0. The first kappa shape index (κ1) is 16.2. The lowest BCUT2D eigenvalue weighted by molar-refractivity contribution is -0.117. The molecule has 0 aliphatic heterocycles. The summed E-state index contributed by atoms with van der Waals surface area (Å²) in [6.07, 6.45) is 0. The molecule has 0 saturated carbocycles. The molecule has 1 aromatic rings. The van der Waals surface area contributed by atoms with Crippen molar-refractivity contribution in [3.63, 3.8) is 0 Å². The van der Waals surface area contributed by atoms with Gasteiger partial charge in [-0.1, -0.05) is 0 Å². The molecular formula is C11H15ClN2O4. The van der Waals surface area contributed by atoms with Gasteiger partial charge in [0, 0.05) is 0 Å². The number of anilines is 1. The number of carbonyl (C=O) groups is 2. The minimum absolute atomic E-state index is 0. The monoisotopic (exact) mass is 274 g/mol. The van der Waals surface area contributed by atoms with Crippen molar-refractivity contribution in [1.82, 2.24) is 0 Å². The Kier molecular flexibility index (Phi) is 6.15. The predicted octanol–water partition coefficient (Wildman–Crippen LogP) is 0.886. The number of carbonyl (C=O) groups excluding carboxylic acids is 2. The summed E-state index contributed by atoms with van der Waals surface area (Å²) in [4.78, 5) is 22.5. The second-order valence-electron chi connectivity index (χ2n) is 3.50. The SMILES string of the molecule is COC(=O)c1ccc(NC(=O)C(C)N)c(O)c1.Cl. The van der Waals surface area contributed by atoms with Crippen LogP contribution in [-0.4, -0.2) is 30.1 Å². The Balaban J connectivity index is 0.00000289. The van der Waals surface area contributed by atoms with Gasteiger partial charge in [-0.25, -0.2) is 4.79 Å². The zero-order valence-electron chi connectivity index (χ0n) is 9.97. The molecule has 1 atom stereocenters. The highest BCUT2D eigenvalue weighted by atomic mass is 35.5. The number of esters is 1. The van der Waals surface area contributed by atoms with E-state index in [1.807, 2.05) is 0 Å². The highest BCUT2D eigenvalue weighted by molar-refractivity contribution is 5.97. The van der Waals surface area contributed by atoms with Crippen molar-refractivity contribution >= 4 is 30.0 Å². The second-order valence-corrected chi connectivity index (χ2v) is 3.50. The molecule has 0 aliphatic carbocycles. The van der Waals surface area contributed by atoms with E-state index < -0.39 is 17.9 Å². The maximum absolute atomic E-state index is 11.3. The molecule has 0 aliphatic rings. The minimum atomic E-state index is -0.685. The van der Waals surface area contributed by atoms with Gasteiger partial charge in [0.1, 0.15) is 5.75 Å². The molecule has 0 bridgehead atoms. The number of aromatic hydroxyl groups is 1. The highest BCUT2D eigenvalue weighted by Crippen LogP contribution is 2.24. The zero-order valence-corrected chi connectivity index (χ0v) is 10.8. The maximum atomic E-state index is 11.3. The molecule has 1 rings (SSSR count). The molecule has 7 heteroatoms. The number of nitrogens with one attached hydrogen (secondary N) is 1. The molecule has 0 aromatic heterocycles. The molecule has 0 saturated heterocycles. The van der Waals surface area contributed by atoms with Crippen LogP contribution in [-0.2, 0) is 9.53 Å². The van der Waals surface area contributed by atoms with Gasteiger partial charge in [0.2, 0.25) is 5.91 Å². The quantitative estimate of drug-likeness (QED) is 0.561. The lowest BCUT2D eigenvalue weighted by Gasteiger charge is -2.10. The smallest absolute Gasteiger partial charge is 0.337 e. The number of amides is 1. The molecule has 1 aromatic carbocycles. The summed E-state index contributed by atoms with van der Waals surface area (Å²) in [7, 11) is 1.24. The van der Waals surface area contributed by atoms with Crippen LogP contribution in [0.2, 0.25) is 0 Å². The van der Waals surface area contributed by atoms with Gasteiger partial charge in [0.15, 0.2) is 0 Å². The van der Waals surface area contributed by atoms with E-state index in [0.717, 1.165) is 0 Å². The highest BCUT2D eigenvalue weighted by Gasteiger charge is 2.12. The normalized spacial score (nSPS) is 11.1. The van der Waals surface area contributed by atoms with E-state index in [0.29, 0.717) is 0 Å². The maximum Gasteiger partial charge on any atom is 0.337 e. The van der Waals surface area contributed by atoms with E-state index in [1.54, 1.807) is 0 Å². The molecule has 0 spiro atoms. The van der Waals surface area contributed by atoms with Crippen molar-refractivity contribution in [2.75, 3.05) is 12.4 Å². The second kappa shape index (κ2) is 6.83. The third kappa shape index (κ3) is 3.90. The molecule has 0 radical (unpaired) electrons. The van der Waals surface area contributed by atoms with Crippen molar-refractivity contribution < 1.29 is 19.4 Å². The van der Waals surface area contributed by atoms with Gasteiger partial charge < -0.3 is 20.9 Å². The van der Waals surface area contributed by atoms with Crippen LogP contribution in [0.5, 0.6) is 5.75 Å². The molecular weight excluding hydrogens is 260 g/mol. The average Bonchev–Trinajstić information content (AvgIpc) is 2.30. The van der Waals surface area contributed by atoms with Crippen molar-refractivity contribution in [2.24, 2.45) is 5.73 Å². The van der Waals surface area contributed by atoms with Crippen LogP contribution in [0.25, 0.3) is 0 Å².